The van der Waals surface area contributed by atoms with Crippen LogP contribution in [0.4, 0.5) is 11.4 Å². The number of aliphatic imine (C=N–C) groups is 1. The minimum absolute atomic E-state index is 0.125. The molecule has 2 N–H and O–H groups in total. The maximum Gasteiger partial charge on any atom is 0.0864 e. The minimum Gasteiger partial charge on any atom is -0.376 e. The number of fused-ring (bicyclic) bond motifs is 2. The van der Waals surface area contributed by atoms with E-state index < -0.39 is 0 Å². The van der Waals surface area contributed by atoms with Gasteiger partial charge in [-0.05, 0) is 29.8 Å². The van der Waals surface area contributed by atoms with E-state index in [-0.39, 0.29) is 6.04 Å². The molecule has 0 radical (unpaired) electrons. The molecule has 0 saturated carbocycles. The number of H-pyrrole nitrogens is 1. The van der Waals surface area contributed by atoms with Crippen LogP contribution < -0.4 is 5.32 Å². The Morgan fingerprint density at radius 3 is 2.73 bits per heavy atom. The third-order valence-electron chi connectivity index (χ3n) is 4.87. The minimum atomic E-state index is 0.125. The van der Waals surface area contributed by atoms with Crippen LogP contribution in [0.25, 0.3) is 10.9 Å². The molecule has 0 fully saturated rings. The lowest BCUT2D eigenvalue weighted by atomic mass is 9.98. The highest BCUT2D eigenvalue weighted by molar-refractivity contribution is 6.12. The van der Waals surface area contributed by atoms with E-state index >= 15 is 0 Å². The normalized spacial score (nSPS) is 16.5. The maximum absolute atomic E-state index is 5.02. The van der Waals surface area contributed by atoms with E-state index in [0.717, 1.165) is 40.2 Å². The highest BCUT2D eigenvalue weighted by Gasteiger charge is 2.22. The molecule has 0 amide bonds. The number of benzene rings is 2. The predicted molar refractivity (Wildman–Crippen MR) is 106 cm³/mol. The number of pyridine rings is 1. The summed E-state index contributed by atoms with van der Waals surface area (Å²) in [7, 11) is 0. The number of rotatable bonds is 2. The largest absolute Gasteiger partial charge is 0.376 e. The summed E-state index contributed by atoms with van der Waals surface area (Å²) in [6, 6.07) is 20.8. The highest BCUT2D eigenvalue weighted by atomic mass is 15.0. The Labute approximate surface area is 151 Å². The number of hydrogen-bond acceptors (Lipinski definition) is 3. The lowest BCUT2D eigenvalue weighted by molar-refractivity contribution is 0.822. The summed E-state index contributed by atoms with van der Waals surface area (Å²) in [6.07, 6.45) is 6.60. The fourth-order valence-corrected chi connectivity index (χ4v) is 3.58. The average molecular weight is 338 g/mol. The molecule has 4 aromatic rings. The summed E-state index contributed by atoms with van der Waals surface area (Å²) in [5, 5.41) is 4.86. The fourth-order valence-electron chi connectivity index (χ4n) is 3.58. The Morgan fingerprint density at radius 1 is 0.923 bits per heavy atom. The number of nitrogens with zero attached hydrogens (tertiary/aromatic N) is 2. The van der Waals surface area contributed by atoms with E-state index in [1.807, 2.05) is 36.7 Å². The molecule has 2 aromatic heterocycles. The predicted octanol–water partition coefficient (Wildman–Crippen LogP) is 5.24. The van der Waals surface area contributed by atoms with Gasteiger partial charge in [0.25, 0.3) is 0 Å². The van der Waals surface area contributed by atoms with Crippen LogP contribution in [-0.2, 0) is 0 Å². The van der Waals surface area contributed by atoms with Crippen molar-refractivity contribution in [2.24, 2.45) is 4.99 Å². The first kappa shape index (κ1) is 14.9. The molecule has 0 bridgehead atoms. The molecule has 4 nitrogen and oxygen atoms in total. The quantitative estimate of drug-likeness (QED) is 0.525. The Kier molecular flexibility index (Phi) is 3.53. The zero-order valence-electron chi connectivity index (χ0n) is 14.2. The smallest absolute Gasteiger partial charge is 0.0864 e. The van der Waals surface area contributed by atoms with Crippen molar-refractivity contribution in [3.05, 3.63) is 90.4 Å². The molecule has 26 heavy (non-hydrogen) atoms. The van der Waals surface area contributed by atoms with Crippen LogP contribution in [0.2, 0.25) is 0 Å². The van der Waals surface area contributed by atoms with Crippen molar-refractivity contribution in [2.45, 2.75) is 12.5 Å². The van der Waals surface area contributed by atoms with Gasteiger partial charge >= 0.3 is 0 Å². The second kappa shape index (κ2) is 6.15. The molecule has 3 heterocycles. The third-order valence-corrected chi connectivity index (χ3v) is 4.87. The topological polar surface area (TPSA) is 53.1 Å². The van der Waals surface area contributed by atoms with E-state index in [0.29, 0.717) is 0 Å². The van der Waals surface area contributed by atoms with Gasteiger partial charge in [-0.3, -0.25) is 9.98 Å². The maximum atomic E-state index is 5.02. The second-order valence-electron chi connectivity index (χ2n) is 6.51. The van der Waals surface area contributed by atoms with E-state index in [2.05, 4.69) is 57.9 Å². The van der Waals surface area contributed by atoms with Gasteiger partial charge in [-0.2, -0.15) is 0 Å². The zero-order valence-corrected chi connectivity index (χ0v) is 14.2. The lowest BCUT2D eigenvalue weighted by Gasteiger charge is -2.18. The molecule has 5 rings (SSSR count). The SMILES string of the molecule is c1cncc(C2CC(c3c[nH]c4ccccc34)=Nc3ccccc3N2)c1. The highest BCUT2D eigenvalue weighted by Crippen LogP contribution is 2.36. The van der Waals surface area contributed by atoms with Crippen molar-refractivity contribution in [1.29, 1.82) is 0 Å². The number of para-hydroxylation sites is 3. The molecular formula is C22H18N4. The van der Waals surface area contributed by atoms with E-state index in [4.69, 9.17) is 4.99 Å². The number of aromatic amines is 1. The van der Waals surface area contributed by atoms with Gasteiger partial charge in [-0.1, -0.05) is 36.4 Å². The molecule has 1 aliphatic heterocycles. The van der Waals surface area contributed by atoms with Crippen LogP contribution >= 0.6 is 0 Å². The van der Waals surface area contributed by atoms with Gasteiger partial charge in [0.1, 0.15) is 0 Å². The standard InChI is InChI=1S/C22H18N4/c1-2-8-18-16(7-1)17(14-24-18)22-12-21(15-6-5-11-23-13-15)25-19-9-3-4-10-20(19)26-22/h1-11,13-14,21,24-25H,12H2. The van der Waals surface area contributed by atoms with E-state index in [9.17, 15) is 0 Å². The molecule has 0 aliphatic carbocycles. The first-order valence-corrected chi connectivity index (χ1v) is 8.78. The summed E-state index contributed by atoms with van der Waals surface area (Å²) >= 11 is 0. The number of hydrogen-bond donors (Lipinski definition) is 2. The van der Waals surface area contributed by atoms with Crippen molar-refractivity contribution in [2.75, 3.05) is 5.32 Å². The molecule has 0 saturated heterocycles. The van der Waals surface area contributed by atoms with Crippen LogP contribution in [0.3, 0.4) is 0 Å². The van der Waals surface area contributed by atoms with Gasteiger partial charge in [-0.25, -0.2) is 0 Å². The van der Waals surface area contributed by atoms with Gasteiger partial charge in [0.2, 0.25) is 0 Å². The summed E-state index contributed by atoms with van der Waals surface area (Å²) in [5.41, 5.74) is 6.56. The molecule has 1 aliphatic rings. The van der Waals surface area contributed by atoms with Crippen molar-refractivity contribution < 1.29 is 0 Å². The molecular weight excluding hydrogens is 320 g/mol. The van der Waals surface area contributed by atoms with Crippen molar-refractivity contribution in [3.63, 3.8) is 0 Å². The van der Waals surface area contributed by atoms with Gasteiger partial charge in [0.05, 0.1) is 23.1 Å². The van der Waals surface area contributed by atoms with Gasteiger partial charge in [0.15, 0.2) is 0 Å². The van der Waals surface area contributed by atoms with Crippen molar-refractivity contribution in [3.8, 4) is 0 Å². The number of aromatic nitrogens is 2. The zero-order chi connectivity index (χ0) is 17.3. The average Bonchev–Trinajstić information content (AvgIpc) is 3.03. The summed E-state index contributed by atoms with van der Waals surface area (Å²) < 4.78 is 0. The van der Waals surface area contributed by atoms with Crippen LogP contribution in [0.15, 0.2) is 84.2 Å². The number of anilines is 1. The van der Waals surface area contributed by atoms with E-state index in [1.54, 1.807) is 0 Å². The van der Waals surface area contributed by atoms with Crippen LogP contribution in [0.5, 0.6) is 0 Å². The van der Waals surface area contributed by atoms with Crippen LogP contribution in [0, 0.1) is 0 Å². The summed E-state index contributed by atoms with van der Waals surface area (Å²) in [6.45, 7) is 0. The fraction of sp³-hybridized carbons (Fsp3) is 0.0909. The first-order chi connectivity index (χ1) is 12.9. The molecule has 4 heteroatoms. The summed E-state index contributed by atoms with van der Waals surface area (Å²) in [4.78, 5) is 12.7. The van der Waals surface area contributed by atoms with Crippen LogP contribution in [-0.4, -0.2) is 15.7 Å². The first-order valence-electron chi connectivity index (χ1n) is 8.78. The second-order valence-corrected chi connectivity index (χ2v) is 6.51. The Hall–Kier alpha value is -3.40. The monoisotopic (exact) mass is 338 g/mol. The van der Waals surface area contributed by atoms with Gasteiger partial charge in [-0.15, -0.1) is 0 Å². The van der Waals surface area contributed by atoms with Gasteiger partial charge < -0.3 is 10.3 Å². The Balaban J connectivity index is 1.67. The molecule has 126 valence electrons. The van der Waals surface area contributed by atoms with Crippen molar-refractivity contribution in [1.82, 2.24) is 9.97 Å². The molecule has 1 atom stereocenters. The van der Waals surface area contributed by atoms with Crippen LogP contribution in [0.1, 0.15) is 23.6 Å². The summed E-state index contributed by atoms with van der Waals surface area (Å²) in [5.74, 6) is 0. The third kappa shape index (κ3) is 2.56. The molecule has 0 spiro atoms. The molecule has 1 unspecified atom stereocenters. The van der Waals surface area contributed by atoms with Crippen molar-refractivity contribution >= 4 is 28.0 Å². The Bertz CT molecular complexity index is 1100. The molecule has 2 aromatic carbocycles. The number of nitrogens with one attached hydrogen (secondary N) is 2. The van der Waals surface area contributed by atoms with Gasteiger partial charge in [0, 0.05) is 41.5 Å². The van der Waals surface area contributed by atoms with E-state index in [1.165, 1.54) is 5.39 Å². The Morgan fingerprint density at radius 2 is 1.81 bits per heavy atom. The lowest BCUT2D eigenvalue weighted by Crippen LogP contribution is -2.14.